The number of hydrogen-bond donors (Lipinski definition) is 4. The van der Waals surface area contributed by atoms with E-state index in [1.54, 1.807) is 48.5 Å². The van der Waals surface area contributed by atoms with Crippen molar-refractivity contribution in [3.05, 3.63) is 126 Å². The number of rotatable bonds is 7. The maximum atomic E-state index is 13.3. The van der Waals surface area contributed by atoms with E-state index < -0.39 is 27.9 Å². The molecule has 6 aromatic rings. The summed E-state index contributed by atoms with van der Waals surface area (Å²) in [5.74, 6) is 0.769. The number of aryl methyl sites for hydroxylation is 1. The molecule has 0 bridgehead atoms. The lowest BCUT2D eigenvalue weighted by atomic mass is 10.1. The number of halogens is 4. The zero-order valence-corrected chi connectivity index (χ0v) is 27.8. The molecule has 0 aliphatic carbocycles. The third-order valence-corrected chi connectivity index (χ3v) is 7.86. The van der Waals surface area contributed by atoms with Crippen LogP contribution in [0.5, 0.6) is 11.8 Å². The molecule has 13 nitrogen and oxygen atoms in total. The highest BCUT2D eigenvalue weighted by molar-refractivity contribution is 7.85. The van der Waals surface area contributed by atoms with Gasteiger partial charge < -0.3 is 21.1 Å². The molecule has 5 N–H and O–H groups in total. The molecule has 0 unspecified atom stereocenters. The standard InChI is InChI=1S/C26H18ClF3N8O2.C7H8O3S/c27-17-11-20(23(31)32-12-17)15-2-5-19(6-3-15)40-25-33-13-18(14-34-25)36-24(39)37-21-10-16(26(28,29)30)4-7-22(21)38-9-1-8-35-38;1-6-2-4-7(5-3-6)11(8,9)10/h1-14H,(H2,31,32)(H2,36,37,39);2-5H,1H3,(H,8,9,10). The number of nitrogen functional groups attached to an aromatic ring is 1. The molecule has 0 atom stereocenters. The molecule has 0 saturated carbocycles. The average molecular weight is 739 g/mol. The predicted molar refractivity (Wildman–Crippen MR) is 183 cm³/mol. The van der Waals surface area contributed by atoms with Gasteiger partial charge in [0, 0.05) is 24.2 Å². The largest absolute Gasteiger partial charge is 0.424 e. The molecule has 0 aliphatic rings. The molecule has 6 rings (SSSR count). The van der Waals surface area contributed by atoms with Crippen LogP contribution in [0.25, 0.3) is 16.8 Å². The van der Waals surface area contributed by atoms with Gasteiger partial charge in [-0.1, -0.05) is 41.4 Å². The highest BCUT2D eigenvalue weighted by atomic mass is 35.5. The van der Waals surface area contributed by atoms with Gasteiger partial charge in [0.25, 0.3) is 10.1 Å². The van der Waals surface area contributed by atoms with Crippen LogP contribution in [0.3, 0.4) is 0 Å². The molecular formula is C33H26ClF3N8O5S. The number of nitrogens with zero attached hydrogens (tertiary/aromatic N) is 5. The van der Waals surface area contributed by atoms with Gasteiger partial charge in [-0.2, -0.15) is 26.7 Å². The minimum atomic E-state index is -4.60. The molecule has 3 heterocycles. The smallest absolute Gasteiger partial charge is 0.416 e. The summed E-state index contributed by atoms with van der Waals surface area (Å²) in [6.45, 7) is 1.84. The predicted octanol–water partition coefficient (Wildman–Crippen LogP) is 7.66. The first-order chi connectivity index (χ1) is 24.2. The lowest BCUT2D eigenvalue weighted by Gasteiger charge is -2.15. The van der Waals surface area contributed by atoms with Crippen LogP contribution >= 0.6 is 11.6 Å². The van der Waals surface area contributed by atoms with Crippen molar-refractivity contribution in [2.75, 3.05) is 16.4 Å². The highest BCUT2D eigenvalue weighted by Crippen LogP contribution is 2.34. The molecule has 3 aromatic heterocycles. The van der Waals surface area contributed by atoms with Crippen LogP contribution in [0.1, 0.15) is 11.1 Å². The third-order valence-electron chi connectivity index (χ3n) is 6.79. The Morgan fingerprint density at radius 2 is 1.63 bits per heavy atom. The Balaban J connectivity index is 0.000000392. The minimum Gasteiger partial charge on any atom is -0.424 e. The van der Waals surface area contributed by atoms with Gasteiger partial charge in [0.05, 0.1) is 44.9 Å². The van der Waals surface area contributed by atoms with Gasteiger partial charge in [0.15, 0.2) is 0 Å². The van der Waals surface area contributed by atoms with Gasteiger partial charge in [0.2, 0.25) is 0 Å². The first-order valence-corrected chi connectivity index (χ1v) is 16.3. The maximum absolute atomic E-state index is 13.3. The van der Waals surface area contributed by atoms with Crippen molar-refractivity contribution in [1.29, 1.82) is 0 Å². The fraction of sp³-hybridized carbons (Fsp3) is 0.0606. The minimum absolute atomic E-state index is 0.00138. The number of benzene rings is 3. The van der Waals surface area contributed by atoms with Crippen molar-refractivity contribution < 1.29 is 35.7 Å². The SMILES string of the molecule is Cc1ccc(S(=O)(=O)O)cc1.Nc1ncc(Cl)cc1-c1ccc(Oc2ncc(NC(=O)Nc3cc(C(F)(F)F)ccc3-n3cccn3)cn2)cc1. The van der Waals surface area contributed by atoms with E-state index in [0.29, 0.717) is 22.2 Å². The van der Waals surface area contributed by atoms with Crippen LogP contribution in [-0.4, -0.2) is 43.7 Å². The molecule has 0 spiro atoms. The van der Waals surface area contributed by atoms with Gasteiger partial charge in [-0.25, -0.2) is 24.4 Å². The molecule has 0 aliphatic heterocycles. The normalized spacial score (nSPS) is 11.3. The molecule has 262 valence electrons. The molecular weight excluding hydrogens is 713 g/mol. The number of carbonyl (C=O) groups is 1. The van der Waals surface area contributed by atoms with Crippen molar-refractivity contribution >= 4 is 44.9 Å². The number of pyridine rings is 1. The Hall–Kier alpha value is -6.04. The first kappa shape index (κ1) is 36.2. The number of urea groups is 1. The van der Waals surface area contributed by atoms with E-state index in [0.717, 1.165) is 23.3 Å². The van der Waals surface area contributed by atoms with Gasteiger partial charge in [0.1, 0.15) is 11.6 Å². The van der Waals surface area contributed by atoms with Crippen LogP contribution in [-0.2, 0) is 16.3 Å². The molecule has 18 heteroatoms. The van der Waals surface area contributed by atoms with Crippen LogP contribution in [0.2, 0.25) is 5.02 Å². The van der Waals surface area contributed by atoms with Gasteiger partial charge in [-0.15, -0.1) is 0 Å². The van der Waals surface area contributed by atoms with Crippen molar-refractivity contribution in [1.82, 2.24) is 24.7 Å². The summed E-state index contributed by atoms with van der Waals surface area (Å²) in [5, 5.41) is 9.37. The van der Waals surface area contributed by atoms with Crippen LogP contribution in [0, 0.1) is 6.92 Å². The monoisotopic (exact) mass is 738 g/mol. The summed E-state index contributed by atoms with van der Waals surface area (Å²) in [6.07, 6.45) is 2.43. The second kappa shape index (κ2) is 15.2. The molecule has 51 heavy (non-hydrogen) atoms. The summed E-state index contributed by atoms with van der Waals surface area (Å²) in [6, 6.07) is 18.3. The quantitative estimate of drug-likeness (QED) is 0.118. The summed E-state index contributed by atoms with van der Waals surface area (Å²) < 4.78 is 76.3. The Bertz CT molecular complexity index is 2240. The number of hydrogen-bond acceptors (Lipinski definition) is 9. The second-order valence-corrected chi connectivity index (χ2v) is 12.4. The topological polar surface area (TPSA) is 187 Å². The van der Waals surface area contributed by atoms with E-state index in [1.165, 1.54) is 53.9 Å². The molecule has 2 amide bonds. The zero-order valence-electron chi connectivity index (χ0n) is 26.2. The zero-order chi connectivity index (χ0) is 36.8. The van der Waals surface area contributed by atoms with Crippen molar-refractivity contribution in [2.24, 2.45) is 0 Å². The summed E-state index contributed by atoms with van der Waals surface area (Å²) >= 11 is 6.01. The van der Waals surface area contributed by atoms with Crippen molar-refractivity contribution in [3.63, 3.8) is 0 Å². The fourth-order valence-electron chi connectivity index (χ4n) is 4.34. The molecule has 0 saturated heterocycles. The summed E-state index contributed by atoms with van der Waals surface area (Å²) in [5.41, 5.74) is 7.73. The average Bonchev–Trinajstić information content (AvgIpc) is 3.62. The Morgan fingerprint density at radius 1 is 0.941 bits per heavy atom. The van der Waals surface area contributed by atoms with E-state index in [9.17, 15) is 26.4 Å². The van der Waals surface area contributed by atoms with Gasteiger partial charge in [-0.05, 0) is 67.1 Å². The number of alkyl halides is 3. The molecule has 0 radical (unpaired) electrons. The number of ether oxygens (including phenoxy) is 1. The molecule has 3 aromatic carbocycles. The van der Waals surface area contributed by atoms with E-state index in [4.69, 9.17) is 26.6 Å². The van der Waals surface area contributed by atoms with Gasteiger partial charge >= 0.3 is 18.2 Å². The van der Waals surface area contributed by atoms with Crippen LogP contribution in [0.15, 0.2) is 115 Å². The van der Waals surface area contributed by atoms with Crippen molar-refractivity contribution in [3.8, 4) is 28.6 Å². The van der Waals surface area contributed by atoms with E-state index >= 15 is 0 Å². The fourth-order valence-corrected chi connectivity index (χ4v) is 4.98. The lowest BCUT2D eigenvalue weighted by molar-refractivity contribution is -0.137. The number of nitrogens with two attached hydrogens (primary N) is 1. The van der Waals surface area contributed by atoms with Gasteiger partial charge in [-0.3, -0.25) is 4.55 Å². The third kappa shape index (κ3) is 9.78. The Morgan fingerprint density at radius 3 is 2.24 bits per heavy atom. The number of amides is 2. The number of anilines is 3. The second-order valence-electron chi connectivity index (χ2n) is 10.5. The lowest BCUT2D eigenvalue weighted by Crippen LogP contribution is -2.21. The van der Waals surface area contributed by atoms with E-state index in [2.05, 4.69) is 30.7 Å². The summed E-state index contributed by atoms with van der Waals surface area (Å²) in [7, 11) is -4.02. The highest BCUT2D eigenvalue weighted by Gasteiger charge is 2.31. The van der Waals surface area contributed by atoms with E-state index in [1.807, 2.05) is 6.92 Å². The van der Waals surface area contributed by atoms with Crippen LogP contribution < -0.4 is 21.1 Å². The van der Waals surface area contributed by atoms with Crippen molar-refractivity contribution in [2.45, 2.75) is 18.0 Å². The summed E-state index contributed by atoms with van der Waals surface area (Å²) in [4.78, 5) is 24.7. The Kier molecular flexibility index (Phi) is 10.8. The van der Waals surface area contributed by atoms with Crippen LogP contribution in [0.4, 0.5) is 35.2 Å². The number of aromatic nitrogens is 5. The maximum Gasteiger partial charge on any atom is 0.416 e. The van der Waals surface area contributed by atoms with E-state index in [-0.39, 0.29) is 28.0 Å². The Labute approximate surface area is 293 Å². The number of carbonyl (C=O) groups excluding carboxylic acids is 1. The molecule has 0 fully saturated rings. The number of nitrogens with one attached hydrogen (secondary N) is 2. The first-order valence-electron chi connectivity index (χ1n) is 14.5.